The summed E-state index contributed by atoms with van der Waals surface area (Å²) in [5.74, 6) is 0.705. The molecular weight excluding hydrogens is 456 g/mol. The standard InChI is InChI=1S/C20H24N4O6S2/c1-6-32(26,27)24-13-8-7-12(9-14(13)29-4)21-18(25)17-11(2)16-19(30-5)22-15(10-28-3)23-20(16)31-17/h7-9,24H,6,10H2,1-5H3,(H,21,25). The van der Waals surface area contributed by atoms with Gasteiger partial charge in [0.15, 0.2) is 5.82 Å². The lowest BCUT2D eigenvalue weighted by molar-refractivity contribution is 0.103. The molecule has 2 aromatic heterocycles. The molecule has 0 spiro atoms. The van der Waals surface area contributed by atoms with E-state index in [1.165, 1.54) is 38.5 Å². The number of fused-ring (bicyclic) bond motifs is 1. The molecule has 0 aliphatic rings. The number of benzene rings is 1. The molecular formula is C20H24N4O6S2. The van der Waals surface area contributed by atoms with Crippen molar-refractivity contribution < 1.29 is 27.4 Å². The highest BCUT2D eigenvalue weighted by Gasteiger charge is 2.22. The maximum atomic E-state index is 13.0. The van der Waals surface area contributed by atoms with Crippen LogP contribution >= 0.6 is 11.3 Å². The zero-order valence-corrected chi connectivity index (χ0v) is 19.9. The van der Waals surface area contributed by atoms with Crippen LogP contribution in [0.4, 0.5) is 11.4 Å². The molecule has 1 amide bonds. The number of methoxy groups -OCH3 is 3. The zero-order chi connectivity index (χ0) is 23.5. The van der Waals surface area contributed by atoms with Gasteiger partial charge in [-0.1, -0.05) is 0 Å². The lowest BCUT2D eigenvalue weighted by Gasteiger charge is -2.13. The lowest BCUT2D eigenvalue weighted by Crippen LogP contribution is -2.16. The van der Waals surface area contributed by atoms with Crippen LogP contribution in [0.15, 0.2) is 18.2 Å². The van der Waals surface area contributed by atoms with Gasteiger partial charge in [0, 0.05) is 18.9 Å². The van der Waals surface area contributed by atoms with E-state index in [0.717, 1.165) is 0 Å². The molecule has 0 aliphatic carbocycles. The van der Waals surface area contributed by atoms with Crippen LogP contribution in [0.5, 0.6) is 11.6 Å². The fraction of sp³-hybridized carbons (Fsp3) is 0.350. The van der Waals surface area contributed by atoms with Gasteiger partial charge in [-0.2, -0.15) is 4.98 Å². The molecule has 0 radical (unpaired) electrons. The second-order valence-corrected chi connectivity index (χ2v) is 9.70. The van der Waals surface area contributed by atoms with E-state index in [1.54, 1.807) is 26.2 Å². The van der Waals surface area contributed by atoms with Crippen LogP contribution in [0.2, 0.25) is 0 Å². The highest BCUT2D eigenvalue weighted by Crippen LogP contribution is 2.36. The number of hydrogen-bond acceptors (Lipinski definition) is 9. The predicted octanol–water partition coefficient (Wildman–Crippen LogP) is 3.18. The van der Waals surface area contributed by atoms with Crippen molar-refractivity contribution in [1.82, 2.24) is 9.97 Å². The van der Waals surface area contributed by atoms with Crippen molar-refractivity contribution in [2.45, 2.75) is 20.5 Å². The van der Waals surface area contributed by atoms with Gasteiger partial charge in [0.25, 0.3) is 5.91 Å². The Hall–Kier alpha value is -2.96. The fourth-order valence-corrected chi connectivity index (χ4v) is 4.72. The molecule has 0 unspecified atom stereocenters. The molecule has 12 heteroatoms. The smallest absolute Gasteiger partial charge is 0.266 e. The third kappa shape index (κ3) is 4.92. The van der Waals surface area contributed by atoms with Gasteiger partial charge in [-0.05, 0) is 31.5 Å². The number of rotatable bonds is 9. The molecule has 0 bridgehead atoms. The average Bonchev–Trinajstić information content (AvgIpc) is 3.10. The van der Waals surface area contributed by atoms with Crippen molar-refractivity contribution >= 4 is 48.9 Å². The number of aryl methyl sites for hydroxylation is 1. The van der Waals surface area contributed by atoms with Gasteiger partial charge in [0.1, 0.15) is 17.2 Å². The van der Waals surface area contributed by atoms with E-state index in [1.807, 2.05) is 0 Å². The number of carbonyl (C=O) groups excluding carboxylic acids is 1. The molecule has 1 aromatic carbocycles. The number of aromatic nitrogens is 2. The molecule has 2 N–H and O–H groups in total. The molecule has 10 nitrogen and oxygen atoms in total. The molecule has 0 atom stereocenters. The number of carbonyl (C=O) groups is 1. The van der Waals surface area contributed by atoms with Crippen LogP contribution < -0.4 is 19.5 Å². The first kappa shape index (κ1) is 23.7. The summed E-state index contributed by atoms with van der Waals surface area (Å²) < 4.78 is 41.9. The normalized spacial score (nSPS) is 11.4. The van der Waals surface area contributed by atoms with Gasteiger partial charge in [0.05, 0.1) is 35.9 Å². The maximum Gasteiger partial charge on any atom is 0.266 e. The Balaban J connectivity index is 1.92. The number of ether oxygens (including phenoxy) is 3. The first-order chi connectivity index (χ1) is 15.2. The molecule has 0 aliphatic heterocycles. The van der Waals surface area contributed by atoms with Gasteiger partial charge in [0.2, 0.25) is 15.9 Å². The van der Waals surface area contributed by atoms with Crippen LogP contribution in [0.25, 0.3) is 10.2 Å². The Bertz CT molecular complexity index is 1260. The van der Waals surface area contributed by atoms with E-state index in [-0.39, 0.29) is 29.7 Å². The van der Waals surface area contributed by atoms with Gasteiger partial charge < -0.3 is 19.5 Å². The largest absolute Gasteiger partial charge is 0.494 e. The highest BCUT2D eigenvalue weighted by atomic mass is 32.2. The lowest BCUT2D eigenvalue weighted by atomic mass is 10.2. The van der Waals surface area contributed by atoms with Crippen LogP contribution in [-0.2, 0) is 21.4 Å². The van der Waals surface area contributed by atoms with Crippen LogP contribution in [0, 0.1) is 6.92 Å². The van der Waals surface area contributed by atoms with E-state index in [2.05, 4.69) is 20.0 Å². The van der Waals surface area contributed by atoms with Crippen molar-refractivity contribution in [3.63, 3.8) is 0 Å². The van der Waals surface area contributed by atoms with Crippen molar-refractivity contribution in [2.75, 3.05) is 37.1 Å². The van der Waals surface area contributed by atoms with Crippen molar-refractivity contribution in [3.05, 3.63) is 34.5 Å². The zero-order valence-electron chi connectivity index (χ0n) is 18.3. The van der Waals surface area contributed by atoms with Crippen molar-refractivity contribution in [2.24, 2.45) is 0 Å². The van der Waals surface area contributed by atoms with E-state index in [9.17, 15) is 13.2 Å². The van der Waals surface area contributed by atoms with Crippen molar-refractivity contribution in [1.29, 1.82) is 0 Å². The van der Waals surface area contributed by atoms with Gasteiger partial charge in [-0.25, -0.2) is 13.4 Å². The van der Waals surface area contributed by atoms with Crippen LogP contribution in [-0.4, -0.2) is 51.4 Å². The van der Waals surface area contributed by atoms with Crippen molar-refractivity contribution in [3.8, 4) is 11.6 Å². The Morgan fingerprint density at radius 2 is 1.91 bits per heavy atom. The number of thiophene rings is 1. The van der Waals surface area contributed by atoms with Gasteiger partial charge >= 0.3 is 0 Å². The third-order valence-corrected chi connectivity index (χ3v) is 7.06. The quantitative estimate of drug-likeness (QED) is 0.478. The Kier molecular flexibility index (Phi) is 7.16. The molecule has 32 heavy (non-hydrogen) atoms. The SMILES string of the molecule is CCS(=O)(=O)Nc1ccc(NC(=O)c2sc3nc(COC)nc(OC)c3c2C)cc1OC. The Labute approximate surface area is 190 Å². The number of anilines is 2. The number of amides is 1. The summed E-state index contributed by atoms with van der Waals surface area (Å²) in [6.45, 7) is 3.56. The Morgan fingerprint density at radius 3 is 2.53 bits per heavy atom. The van der Waals surface area contributed by atoms with E-state index in [4.69, 9.17) is 14.2 Å². The summed E-state index contributed by atoms with van der Waals surface area (Å²) in [6, 6.07) is 4.67. The number of sulfonamides is 1. The summed E-state index contributed by atoms with van der Waals surface area (Å²) in [4.78, 5) is 22.9. The minimum absolute atomic E-state index is 0.0711. The molecule has 3 rings (SSSR count). The summed E-state index contributed by atoms with van der Waals surface area (Å²) in [5.41, 5.74) is 1.43. The average molecular weight is 481 g/mol. The van der Waals surface area contributed by atoms with E-state index < -0.39 is 10.0 Å². The van der Waals surface area contributed by atoms with E-state index >= 15 is 0 Å². The van der Waals surface area contributed by atoms with E-state index in [0.29, 0.717) is 38.0 Å². The van der Waals surface area contributed by atoms with Crippen LogP contribution in [0.3, 0.4) is 0 Å². The second-order valence-electron chi connectivity index (χ2n) is 6.69. The molecule has 0 fully saturated rings. The summed E-state index contributed by atoms with van der Waals surface area (Å²) in [7, 11) is 1.01. The highest BCUT2D eigenvalue weighted by molar-refractivity contribution is 7.92. The first-order valence-electron chi connectivity index (χ1n) is 9.55. The molecule has 3 aromatic rings. The molecule has 2 heterocycles. The fourth-order valence-electron chi connectivity index (χ4n) is 2.98. The topological polar surface area (TPSA) is 129 Å². The number of nitrogens with zero attached hydrogens (tertiary/aromatic N) is 2. The first-order valence-corrected chi connectivity index (χ1v) is 12.0. The Morgan fingerprint density at radius 1 is 1.16 bits per heavy atom. The summed E-state index contributed by atoms with van der Waals surface area (Å²) in [6.07, 6.45) is 0. The minimum atomic E-state index is -3.47. The summed E-state index contributed by atoms with van der Waals surface area (Å²) >= 11 is 1.22. The molecule has 172 valence electrons. The maximum absolute atomic E-state index is 13.0. The molecule has 0 saturated carbocycles. The predicted molar refractivity (Wildman–Crippen MR) is 123 cm³/mol. The number of nitrogens with one attached hydrogen (secondary N) is 2. The van der Waals surface area contributed by atoms with Gasteiger partial charge in [-0.3, -0.25) is 9.52 Å². The minimum Gasteiger partial charge on any atom is -0.494 e. The van der Waals surface area contributed by atoms with Crippen LogP contribution in [0.1, 0.15) is 28.0 Å². The summed E-state index contributed by atoms with van der Waals surface area (Å²) in [5, 5.41) is 3.49. The third-order valence-electron chi connectivity index (χ3n) is 4.58. The van der Waals surface area contributed by atoms with Gasteiger partial charge in [-0.15, -0.1) is 11.3 Å². The molecule has 0 saturated heterocycles. The monoisotopic (exact) mass is 480 g/mol. The second kappa shape index (κ2) is 9.67. The number of hydrogen-bond donors (Lipinski definition) is 2.